The third-order valence-electron chi connectivity index (χ3n) is 2.21. The van der Waals surface area contributed by atoms with E-state index in [0.717, 1.165) is 12.0 Å². The molecule has 15 heavy (non-hydrogen) atoms. The normalized spacial score (nSPS) is 13.9. The second kappa shape index (κ2) is 4.75. The van der Waals surface area contributed by atoms with Crippen LogP contribution in [0.3, 0.4) is 0 Å². The number of aliphatic hydroxyl groups is 1. The molecular weight excluding hydrogens is 191 g/mol. The summed E-state index contributed by atoms with van der Waals surface area (Å²) in [4.78, 5) is 0. The van der Waals surface area contributed by atoms with Crippen LogP contribution in [0, 0.1) is 11.2 Å². The summed E-state index contributed by atoms with van der Waals surface area (Å²) in [6.45, 7) is 6.26. The molecule has 0 amide bonds. The predicted octanol–water partition coefficient (Wildman–Crippen LogP) is 3.17. The molecule has 1 N–H and O–H groups in total. The Bertz CT molecular complexity index is 315. The first-order valence-corrected chi connectivity index (χ1v) is 5.29. The first kappa shape index (κ1) is 12.2. The van der Waals surface area contributed by atoms with Gasteiger partial charge < -0.3 is 5.11 Å². The molecule has 0 aliphatic heterocycles. The minimum atomic E-state index is -0.396. The van der Waals surface area contributed by atoms with Crippen molar-refractivity contribution in [2.75, 3.05) is 0 Å². The lowest BCUT2D eigenvalue weighted by atomic mass is 9.87. The number of benzene rings is 1. The Hall–Kier alpha value is -0.890. The largest absolute Gasteiger partial charge is 0.393 e. The van der Waals surface area contributed by atoms with Gasteiger partial charge in [-0.05, 0) is 36.0 Å². The molecular formula is C13H19FO. The van der Waals surface area contributed by atoms with E-state index in [2.05, 4.69) is 20.8 Å². The van der Waals surface area contributed by atoms with Crippen molar-refractivity contribution >= 4 is 0 Å². The fourth-order valence-electron chi connectivity index (χ4n) is 1.72. The Kier molecular flexibility index (Phi) is 3.86. The summed E-state index contributed by atoms with van der Waals surface area (Å²) in [6.07, 6.45) is 0.852. The third-order valence-corrected chi connectivity index (χ3v) is 2.21. The minimum Gasteiger partial charge on any atom is -0.393 e. The van der Waals surface area contributed by atoms with Crippen LogP contribution in [0.4, 0.5) is 4.39 Å². The van der Waals surface area contributed by atoms with Crippen molar-refractivity contribution in [3.05, 3.63) is 35.6 Å². The third kappa shape index (κ3) is 4.93. The summed E-state index contributed by atoms with van der Waals surface area (Å²) >= 11 is 0. The molecule has 1 atom stereocenters. The van der Waals surface area contributed by atoms with Crippen molar-refractivity contribution < 1.29 is 9.50 Å². The number of hydrogen-bond acceptors (Lipinski definition) is 1. The summed E-state index contributed by atoms with van der Waals surface area (Å²) in [5, 5.41) is 9.81. The van der Waals surface area contributed by atoms with Crippen molar-refractivity contribution in [1.29, 1.82) is 0 Å². The number of hydrogen-bond donors (Lipinski definition) is 1. The van der Waals surface area contributed by atoms with Crippen LogP contribution in [0.25, 0.3) is 0 Å². The first-order chi connectivity index (χ1) is 6.87. The molecule has 1 aromatic carbocycles. The number of halogens is 1. The fourth-order valence-corrected chi connectivity index (χ4v) is 1.72. The van der Waals surface area contributed by atoms with Gasteiger partial charge in [-0.1, -0.05) is 32.9 Å². The average molecular weight is 210 g/mol. The van der Waals surface area contributed by atoms with Crippen LogP contribution in [0.15, 0.2) is 24.3 Å². The van der Waals surface area contributed by atoms with Gasteiger partial charge in [0, 0.05) is 0 Å². The molecule has 0 bridgehead atoms. The van der Waals surface area contributed by atoms with E-state index >= 15 is 0 Å². The summed E-state index contributed by atoms with van der Waals surface area (Å²) < 4.78 is 12.9. The molecule has 0 saturated heterocycles. The average Bonchev–Trinajstić information content (AvgIpc) is 1.99. The van der Waals surface area contributed by atoms with Gasteiger partial charge in [0.2, 0.25) is 0 Å². The van der Waals surface area contributed by atoms with E-state index < -0.39 is 6.10 Å². The second-order valence-corrected chi connectivity index (χ2v) is 5.25. The quantitative estimate of drug-likeness (QED) is 0.812. The Morgan fingerprint density at radius 2 is 2.00 bits per heavy atom. The van der Waals surface area contributed by atoms with Gasteiger partial charge in [-0.15, -0.1) is 0 Å². The fraction of sp³-hybridized carbons (Fsp3) is 0.538. The molecule has 1 aromatic rings. The van der Waals surface area contributed by atoms with E-state index in [9.17, 15) is 9.50 Å². The molecule has 0 saturated carbocycles. The van der Waals surface area contributed by atoms with Crippen molar-refractivity contribution in [3.63, 3.8) is 0 Å². The second-order valence-electron chi connectivity index (χ2n) is 5.25. The van der Waals surface area contributed by atoms with Crippen LogP contribution < -0.4 is 0 Å². The minimum absolute atomic E-state index is 0.104. The van der Waals surface area contributed by atoms with Crippen LogP contribution >= 0.6 is 0 Å². The highest BCUT2D eigenvalue weighted by molar-refractivity contribution is 5.17. The SMILES string of the molecule is CC(C)(C)CC(O)Cc1cccc(F)c1. The Morgan fingerprint density at radius 1 is 1.33 bits per heavy atom. The number of rotatable bonds is 3. The number of aliphatic hydroxyl groups excluding tert-OH is 1. The smallest absolute Gasteiger partial charge is 0.123 e. The summed E-state index contributed by atoms with van der Waals surface area (Å²) in [6, 6.07) is 6.41. The molecule has 0 heterocycles. The van der Waals surface area contributed by atoms with Crippen molar-refractivity contribution in [2.45, 2.75) is 39.7 Å². The lowest BCUT2D eigenvalue weighted by Gasteiger charge is -2.22. The predicted molar refractivity (Wildman–Crippen MR) is 60.2 cm³/mol. The molecule has 0 aromatic heterocycles. The van der Waals surface area contributed by atoms with Crippen LogP contribution in [-0.4, -0.2) is 11.2 Å². The van der Waals surface area contributed by atoms with Crippen LogP contribution in [0.1, 0.15) is 32.8 Å². The maximum Gasteiger partial charge on any atom is 0.123 e. The lowest BCUT2D eigenvalue weighted by Crippen LogP contribution is -2.19. The van der Waals surface area contributed by atoms with E-state index in [-0.39, 0.29) is 11.2 Å². The van der Waals surface area contributed by atoms with Gasteiger partial charge in [0.05, 0.1) is 6.10 Å². The van der Waals surface area contributed by atoms with Crippen molar-refractivity contribution in [2.24, 2.45) is 5.41 Å². The maximum atomic E-state index is 12.9. The molecule has 1 unspecified atom stereocenters. The van der Waals surface area contributed by atoms with Gasteiger partial charge >= 0.3 is 0 Å². The molecule has 84 valence electrons. The molecule has 1 nitrogen and oxygen atoms in total. The summed E-state index contributed by atoms with van der Waals surface area (Å²) in [5.74, 6) is -0.240. The Morgan fingerprint density at radius 3 is 2.53 bits per heavy atom. The molecule has 0 aliphatic carbocycles. The Balaban J connectivity index is 2.55. The summed E-state index contributed by atoms with van der Waals surface area (Å²) in [5.41, 5.74) is 0.957. The Labute approximate surface area is 90.9 Å². The topological polar surface area (TPSA) is 20.2 Å². The van der Waals surface area contributed by atoms with Crippen molar-refractivity contribution in [3.8, 4) is 0 Å². The highest BCUT2D eigenvalue weighted by atomic mass is 19.1. The lowest BCUT2D eigenvalue weighted by molar-refractivity contribution is 0.121. The van der Waals surface area contributed by atoms with Crippen LogP contribution in [0.5, 0.6) is 0 Å². The summed E-state index contributed by atoms with van der Waals surface area (Å²) in [7, 11) is 0. The molecule has 0 fully saturated rings. The van der Waals surface area contributed by atoms with Crippen LogP contribution in [0.2, 0.25) is 0 Å². The highest BCUT2D eigenvalue weighted by Gasteiger charge is 2.16. The van der Waals surface area contributed by atoms with Gasteiger partial charge in [-0.25, -0.2) is 4.39 Å². The van der Waals surface area contributed by atoms with E-state index in [1.807, 2.05) is 6.07 Å². The molecule has 2 heteroatoms. The zero-order valence-electron chi connectivity index (χ0n) is 9.63. The zero-order valence-corrected chi connectivity index (χ0v) is 9.63. The monoisotopic (exact) mass is 210 g/mol. The standard InChI is InChI=1S/C13H19FO/c1-13(2,3)9-12(15)8-10-5-4-6-11(14)7-10/h4-7,12,15H,8-9H2,1-3H3. The van der Waals surface area contributed by atoms with Gasteiger partial charge in [0.25, 0.3) is 0 Å². The van der Waals surface area contributed by atoms with E-state index in [1.54, 1.807) is 6.07 Å². The van der Waals surface area contributed by atoms with Crippen molar-refractivity contribution in [1.82, 2.24) is 0 Å². The first-order valence-electron chi connectivity index (χ1n) is 5.29. The maximum absolute atomic E-state index is 12.9. The van der Waals surface area contributed by atoms with E-state index in [1.165, 1.54) is 12.1 Å². The van der Waals surface area contributed by atoms with Gasteiger partial charge in [0.1, 0.15) is 5.82 Å². The van der Waals surface area contributed by atoms with Gasteiger partial charge in [-0.3, -0.25) is 0 Å². The molecule has 0 aliphatic rings. The van der Waals surface area contributed by atoms with E-state index in [4.69, 9.17) is 0 Å². The molecule has 0 spiro atoms. The zero-order chi connectivity index (χ0) is 11.5. The highest BCUT2D eigenvalue weighted by Crippen LogP contribution is 2.22. The molecule has 1 rings (SSSR count). The molecule has 0 radical (unpaired) electrons. The van der Waals surface area contributed by atoms with Crippen LogP contribution in [-0.2, 0) is 6.42 Å². The van der Waals surface area contributed by atoms with Gasteiger partial charge in [-0.2, -0.15) is 0 Å². The van der Waals surface area contributed by atoms with E-state index in [0.29, 0.717) is 6.42 Å². The van der Waals surface area contributed by atoms with Gasteiger partial charge in [0.15, 0.2) is 0 Å².